The summed E-state index contributed by atoms with van der Waals surface area (Å²) in [6.07, 6.45) is 7.58. The van der Waals surface area contributed by atoms with E-state index in [1.807, 2.05) is 6.07 Å². The Kier molecular flexibility index (Phi) is 8.12. The summed E-state index contributed by atoms with van der Waals surface area (Å²) in [5.41, 5.74) is 1.37. The van der Waals surface area contributed by atoms with E-state index in [9.17, 15) is 8.42 Å². The molecule has 8 heteroatoms. The van der Waals surface area contributed by atoms with Crippen LogP contribution in [-0.4, -0.2) is 57.9 Å². The number of thiocarbonyl (C=S) groups is 1. The molecule has 26 heavy (non-hydrogen) atoms. The fourth-order valence-corrected chi connectivity index (χ4v) is 3.73. The Hall–Kier alpha value is -1.38. The van der Waals surface area contributed by atoms with Crippen LogP contribution < -0.4 is 14.9 Å². The molecule has 146 valence electrons. The molecule has 0 aromatic heterocycles. The summed E-state index contributed by atoms with van der Waals surface area (Å²) in [7, 11) is -1.74. The number of rotatable bonds is 7. The normalized spacial score (nSPS) is 15.9. The Morgan fingerprint density at radius 1 is 1.23 bits per heavy atom. The molecule has 0 saturated carbocycles. The fraction of sp³-hybridized carbons (Fsp3) is 0.611. The van der Waals surface area contributed by atoms with Gasteiger partial charge in [-0.2, -0.15) is 0 Å². The fourth-order valence-electron chi connectivity index (χ4n) is 3.01. The second-order valence-corrected chi connectivity index (χ2v) is 9.19. The predicted molar refractivity (Wildman–Crippen MR) is 113 cm³/mol. The maximum Gasteiger partial charge on any atom is 0.231 e. The summed E-state index contributed by atoms with van der Waals surface area (Å²) >= 11 is 5.34. The lowest BCUT2D eigenvalue weighted by Gasteiger charge is -2.20. The lowest BCUT2D eigenvalue weighted by Crippen LogP contribution is -2.32. The van der Waals surface area contributed by atoms with Crippen molar-refractivity contribution in [2.75, 3.05) is 49.1 Å². The average Bonchev–Trinajstić information content (AvgIpc) is 2.86. The van der Waals surface area contributed by atoms with Crippen LogP contribution in [0.3, 0.4) is 0 Å². The Balaban J connectivity index is 1.75. The Bertz CT molecular complexity index is 686. The van der Waals surface area contributed by atoms with Crippen molar-refractivity contribution in [3.8, 4) is 0 Å². The molecular weight excluding hydrogens is 368 g/mol. The van der Waals surface area contributed by atoms with Crippen LogP contribution in [0.2, 0.25) is 0 Å². The van der Waals surface area contributed by atoms with E-state index in [-0.39, 0.29) is 0 Å². The smallest absolute Gasteiger partial charge is 0.231 e. The van der Waals surface area contributed by atoms with E-state index in [0.29, 0.717) is 10.8 Å². The van der Waals surface area contributed by atoms with Crippen molar-refractivity contribution in [3.63, 3.8) is 0 Å². The minimum atomic E-state index is -3.28. The van der Waals surface area contributed by atoms with Gasteiger partial charge in [-0.3, -0.25) is 4.31 Å². The van der Waals surface area contributed by atoms with Gasteiger partial charge in [-0.1, -0.05) is 18.9 Å². The molecule has 1 heterocycles. The molecule has 0 unspecified atom stereocenters. The summed E-state index contributed by atoms with van der Waals surface area (Å²) in [6.45, 7) is 4.35. The molecule has 1 saturated heterocycles. The first-order chi connectivity index (χ1) is 12.4. The first kappa shape index (κ1) is 20.9. The second kappa shape index (κ2) is 10.1. The van der Waals surface area contributed by atoms with Crippen LogP contribution >= 0.6 is 12.2 Å². The van der Waals surface area contributed by atoms with Crippen LogP contribution in [0.15, 0.2) is 24.3 Å². The molecule has 0 amide bonds. The topological polar surface area (TPSA) is 64.7 Å². The van der Waals surface area contributed by atoms with E-state index in [2.05, 4.69) is 15.5 Å². The molecule has 0 bridgehead atoms. The van der Waals surface area contributed by atoms with E-state index in [0.717, 1.165) is 25.2 Å². The third-order valence-electron chi connectivity index (χ3n) is 4.60. The summed E-state index contributed by atoms with van der Waals surface area (Å²) in [6, 6.07) is 7.20. The number of hydrogen-bond acceptors (Lipinski definition) is 4. The number of nitrogens with one attached hydrogen (secondary N) is 2. The maximum absolute atomic E-state index is 11.7. The van der Waals surface area contributed by atoms with Gasteiger partial charge < -0.3 is 15.5 Å². The summed E-state index contributed by atoms with van der Waals surface area (Å²) in [5, 5.41) is 6.90. The van der Waals surface area contributed by atoms with Gasteiger partial charge in [0.1, 0.15) is 0 Å². The number of benzene rings is 1. The first-order valence-electron chi connectivity index (χ1n) is 9.17. The van der Waals surface area contributed by atoms with E-state index < -0.39 is 10.0 Å². The van der Waals surface area contributed by atoms with Gasteiger partial charge in [0.15, 0.2) is 5.11 Å². The Morgan fingerprint density at radius 3 is 2.58 bits per heavy atom. The first-order valence-corrected chi connectivity index (χ1v) is 11.4. The molecule has 1 fully saturated rings. The maximum atomic E-state index is 11.7. The van der Waals surface area contributed by atoms with Crippen LogP contribution in [-0.2, 0) is 10.0 Å². The minimum Gasteiger partial charge on any atom is -0.362 e. The summed E-state index contributed by atoms with van der Waals surface area (Å²) < 4.78 is 24.6. The van der Waals surface area contributed by atoms with Gasteiger partial charge in [-0.25, -0.2) is 8.42 Å². The molecule has 1 aliphatic heterocycles. The lowest BCUT2D eigenvalue weighted by molar-refractivity contribution is 0.282. The van der Waals surface area contributed by atoms with Crippen molar-refractivity contribution < 1.29 is 8.42 Å². The zero-order valence-corrected chi connectivity index (χ0v) is 17.3. The molecule has 0 atom stereocenters. The zero-order valence-electron chi connectivity index (χ0n) is 15.7. The van der Waals surface area contributed by atoms with Gasteiger partial charge in [-0.15, -0.1) is 0 Å². The molecule has 1 aromatic rings. The van der Waals surface area contributed by atoms with Crippen molar-refractivity contribution in [3.05, 3.63) is 24.3 Å². The van der Waals surface area contributed by atoms with Gasteiger partial charge >= 0.3 is 0 Å². The SMILES string of the molecule is CN(c1cccc(NC(=S)NCCCN2CCCCCC2)c1)S(C)(=O)=O. The third kappa shape index (κ3) is 7.09. The average molecular weight is 399 g/mol. The number of nitrogens with zero attached hydrogens (tertiary/aromatic N) is 2. The molecule has 6 nitrogen and oxygen atoms in total. The largest absolute Gasteiger partial charge is 0.362 e. The monoisotopic (exact) mass is 398 g/mol. The second-order valence-electron chi connectivity index (χ2n) is 6.77. The van der Waals surface area contributed by atoms with Gasteiger partial charge in [0.25, 0.3) is 0 Å². The van der Waals surface area contributed by atoms with Crippen molar-refractivity contribution in [1.82, 2.24) is 10.2 Å². The van der Waals surface area contributed by atoms with Crippen LogP contribution in [0, 0.1) is 0 Å². The van der Waals surface area contributed by atoms with Crippen LogP contribution in [0.1, 0.15) is 32.1 Å². The van der Waals surface area contributed by atoms with E-state index in [4.69, 9.17) is 12.2 Å². The van der Waals surface area contributed by atoms with E-state index >= 15 is 0 Å². The van der Waals surface area contributed by atoms with Crippen molar-refractivity contribution in [1.29, 1.82) is 0 Å². The highest BCUT2D eigenvalue weighted by molar-refractivity contribution is 7.92. The highest BCUT2D eigenvalue weighted by Crippen LogP contribution is 2.20. The number of likely N-dealkylation sites (tertiary alicyclic amines) is 1. The quantitative estimate of drug-likeness (QED) is 0.544. The number of hydrogen-bond donors (Lipinski definition) is 2. The lowest BCUT2D eigenvalue weighted by atomic mass is 10.2. The van der Waals surface area contributed by atoms with Crippen LogP contribution in [0.25, 0.3) is 0 Å². The van der Waals surface area contributed by atoms with Crippen LogP contribution in [0.4, 0.5) is 11.4 Å². The molecule has 2 N–H and O–H groups in total. The third-order valence-corrected chi connectivity index (χ3v) is 6.05. The van der Waals surface area contributed by atoms with Crippen LogP contribution in [0.5, 0.6) is 0 Å². The minimum absolute atomic E-state index is 0.556. The number of sulfonamides is 1. The van der Waals surface area contributed by atoms with Gasteiger partial charge in [0, 0.05) is 19.3 Å². The molecule has 0 spiro atoms. The highest BCUT2D eigenvalue weighted by atomic mass is 32.2. The predicted octanol–water partition coefficient (Wildman–Crippen LogP) is 2.63. The van der Waals surface area contributed by atoms with Gasteiger partial charge in [-0.05, 0) is 69.3 Å². The van der Waals surface area contributed by atoms with Gasteiger partial charge in [0.05, 0.1) is 11.9 Å². The summed E-state index contributed by atoms with van der Waals surface area (Å²) in [5.74, 6) is 0. The Labute approximate surface area is 163 Å². The zero-order chi connectivity index (χ0) is 19.0. The molecule has 1 aliphatic rings. The standard InChI is InChI=1S/C18H30N4O2S2/c1-21(26(2,23)24)17-10-7-9-16(15-17)20-18(25)19-11-8-14-22-12-5-3-4-6-13-22/h7,9-10,15H,3-6,8,11-14H2,1-2H3,(H2,19,20,25). The van der Waals surface area contributed by atoms with Crippen molar-refractivity contribution >= 4 is 38.7 Å². The molecule has 1 aromatic carbocycles. The van der Waals surface area contributed by atoms with Crippen molar-refractivity contribution in [2.24, 2.45) is 0 Å². The molecular formula is C18H30N4O2S2. The van der Waals surface area contributed by atoms with Gasteiger partial charge in [0.2, 0.25) is 10.0 Å². The number of anilines is 2. The van der Waals surface area contributed by atoms with E-state index in [1.165, 1.54) is 56.4 Å². The molecule has 0 radical (unpaired) electrons. The van der Waals surface area contributed by atoms with Crippen molar-refractivity contribution in [2.45, 2.75) is 32.1 Å². The van der Waals surface area contributed by atoms with E-state index in [1.54, 1.807) is 18.2 Å². The molecule has 0 aliphatic carbocycles. The molecule has 2 rings (SSSR count). The summed E-state index contributed by atoms with van der Waals surface area (Å²) in [4.78, 5) is 2.54. The Morgan fingerprint density at radius 2 is 1.92 bits per heavy atom. The highest BCUT2D eigenvalue weighted by Gasteiger charge is 2.12.